The van der Waals surface area contributed by atoms with Gasteiger partial charge in [-0.05, 0) is 18.6 Å². The number of nitrogens with zero attached hydrogens (tertiary/aromatic N) is 1. The first-order chi connectivity index (χ1) is 6.29. The van der Waals surface area contributed by atoms with Gasteiger partial charge in [0.2, 0.25) is 0 Å². The van der Waals surface area contributed by atoms with E-state index in [0.717, 1.165) is 11.3 Å². The van der Waals surface area contributed by atoms with Crippen molar-refractivity contribution in [2.24, 2.45) is 0 Å². The molecule has 1 N–H and O–H groups in total. The highest BCUT2D eigenvalue weighted by molar-refractivity contribution is 5.25. The Labute approximate surface area is 77.4 Å². The average molecular weight is 179 g/mol. The number of hydrogen-bond donors (Lipinski definition) is 1. The molecule has 1 aromatic rings. The van der Waals surface area contributed by atoms with Gasteiger partial charge in [-0.15, -0.1) is 0 Å². The molecule has 1 saturated heterocycles. The van der Waals surface area contributed by atoms with E-state index in [2.05, 4.69) is 4.98 Å². The fourth-order valence-electron chi connectivity index (χ4n) is 1.73. The molecule has 0 bridgehead atoms. The topological polar surface area (TPSA) is 42.4 Å². The molecule has 13 heavy (non-hydrogen) atoms. The molecule has 0 amide bonds. The Hall–Kier alpha value is -0.930. The first-order valence-electron chi connectivity index (χ1n) is 4.46. The molecule has 1 aliphatic heterocycles. The second kappa shape index (κ2) is 3.44. The molecule has 0 saturated carbocycles. The predicted octanol–water partition coefficient (Wildman–Crippen LogP) is 0.865. The minimum atomic E-state index is -0.372. The van der Waals surface area contributed by atoms with Crippen LogP contribution >= 0.6 is 0 Å². The van der Waals surface area contributed by atoms with E-state index in [4.69, 9.17) is 4.74 Å². The summed E-state index contributed by atoms with van der Waals surface area (Å²) < 4.78 is 5.20. The van der Waals surface area contributed by atoms with Crippen molar-refractivity contribution in [2.45, 2.75) is 18.9 Å². The van der Waals surface area contributed by atoms with Gasteiger partial charge in [0.15, 0.2) is 0 Å². The molecule has 2 atom stereocenters. The monoisotopic (exact) mass is 179 g/mol. The van der Waals surface area contributed by atoms with Crippen molar-refractivity contribution in [3.05, 3.63) is 29.6 Å². The van der Waals surface area contributed by atoms with Crippen LogP contribution in [-0.4, -0.2) is 29.4 Å². The maximum absolute atomic E-state index is 9.61. The van der Waals surface area contributed by atoms with Gasteiger partial charge in [-0.25, -0.2) is 0 Å². The molecule has 0 spiro atoms. The van der Waals surface area contributed by atoms with Crippen molar-refractivity contribution < 1.29 is 9.84 Å². The largest absolute Gasteiger partial charge is 0.390 e. The highest BCUT2D eigenvalue weighted by Crippen LogP contribution is 2.26. The molecule has 0 radical (unpaired) electrons. The van der Waals surface area contributed by atoms with Crippen LogP contribution in [0.1, 0.15) is 17.2 Å². The first kappa shape index (κ1) is 8.66. The summed E-state index contributed by atoms with van der Waals surface area (Å²) in [6, 6.07) is 3.90. The number of aliphatic hydroxyl groups excluding tert-OH is 1. The molecule has 0 aromatic carbocycles. The minimum Gasteiger partial charge on any atom is -0.390 e. The van der Waals surface area contributed by atoms with Crippen LogP contribution < -0.4 is 0 Å². The quantitative estimate of drug-likeness (QED) is 0.695. The van der Waals surface area contributed by atoms with Crippen molar-refractivity contribution in [3.63, 3.8) is 0 Å². The number of hydrogen-bond acceptors (Lipinski definition) is 3. The van der Waals surface area contributed by atoms with Gasteiger partial charge in [-0.3, -0.25) is 4.98 Å². The molecular formula is C10H13NO2. The molecule has 3 nitrogen and oxygen atoms in total. The molecule has 2 rings (SSSR count). The molecular weight excluding hydrogens is 166 g/mol. The van der Waals surface area contributed by atoms with Gasteiger partial charge < -0.3 is 9.84 Å². The Morgan fingerprint density at radius 3 is 3.00 bits per heavy atom. The number of ether oxygens (including phenoxy) is 1. The number of aliphatic hydroxyl groups is 1. The third-order valence-corrected chi connectivity index (χ3v) is 2.50. The zero-order valence-corrected chi connectivity index (χ0v) is 7.60. The zero-order valence-electron chi connectivity index (χ0n) is 7.60. The molecule has 2 unspecified atom stereocenters. The summed E-state index contributed by atoms with van der Waals surface area (Å²) in [6.07, 6.45) is 1.39. The van der Waals surface area contributed by atoms with Gasteiger partial charge in [0.1, 0.15) is 0 Å². The second-order valence-corrected chi connectivity index (χ2v) is 3.39. The van der Waals surface area contributed by atoms with Crippen LogP contribution in [0.2, 0.25) is 0 Å². The highest BCUT2D eigenvalue weighted by Gasteiger charge is 2.28. The van der Waals surface area contributed by atoms with Crippen molar-refractivity contribution in [1.29, 1.82) is 0 Å². The van der Waals surface area contributed by atoms with Crippen LogP contribution in [0.4, 0.5) is 0 Å². The summed E-state index contributed by atoms with van der Waals surface area (Å²) >= 11 is 0. The lowest BCUT2D eigenvalue weighted by Gasteiger charge is -2.13. The normalized spacial score (nSPS) is 27.8. The van der Waals surface area contributed by atoms with Crippen LogP contribution in [0.15, 0.2) is 18.3 Å². The lowest BCUT2D eigenvalue weighted by Crippen LogP contribution is -2.16. The van der Waals surface area contributed by atoms with Crippen molar-refractivity contribution in [3.8, 4) is 0 Å². The summed E-state index contributed by atoms with van der Waals surface area (Å²) in [5.41, 5.74) is 2.09. The van der Waals surface area contributed by atoms with E-state index in [1.165, 1.54) is 0 Å². The van der Waals surface area contributed by atoms with Gasteiger partial charge in [0.05, 0.1) is 19.3 Å². The number of rotatable bonds is 1. The van der Waals surface area contributed by atoms with Crippen LogP contribution in [0.5, 0.6) is 0 Å². The standard InChI is InChI=1S/C10H13NO2/c1-7-8(3-2-4-11-7)9-5-13-6-10(9)12/h2-4,9-10,12H,5-6H2,1H3. The van der Waals surface area contributed by atoms with Crippen molar-refractivity contribution >= 4 is 0 Å². The smallest absolute Gasteiger partial charge is 0.0864 e. The summed E-state index contributed by atoms with van der Waals surface area (Å²) in [6.45, 7) is 3.01. The molecule has 70 valence electrons. The van der Waals surface area contributed by atoms with Crippen LogP contribution in [-0.2, 0) is 4.74 Å². The van der Waals surface area contributed by atoms with Crippen molar-refractivity contribution in [2.75, 3.05) is 13.2 Å². The van der Waals surface area contributed by atoms with E-state index in [0.29, 0.717) is 13.2 Å². The third kappa shape index (κ3) is 1.57. The molecule has 3 heteroatoms. The summed E-state index contributed by atoms with van der Waals surface area (Å²) in [5.74, 6) is 0.105. The highest BCUT2D eigenvalue weighted by atomic mass is 16.5. The maximum atomic E-state index is 9.61. The lowest BCUT2D eigenvalue weighted by atomic mass is 9.95. The lowest BCUT2D eigenvalue weighted by molar-refractivity contribution is 0.124. The number of aromatic nitrogens is 1. The summed E-state index contributed by atoms with van der Waals surface area (Å²) in [7, 11) is 0. The van der Waals surface area contributed by atoms with Gasteiger partial charge in [0, 0.05) is 17.8 Å². The minimum absolute atomic E-state index is 0.105. The first-order valence-corrected chi connectivity index (χ1v) is 4.46. The number of pyridine rings is 1. The van der Waals surface area contributed by atoms with Gasteiger partial charge in [-0.1, -0.05) is 6.07 Å². The maximum Gasteiger partial charge on any atom is 0.0864 e. The Kier molecular flexibility index (Phi) is 2.29. The zero-order chi connectivity index (χ0) is 9.26. The Morgan fingerprint density at radius 2 is 2.38 bits per heavy atom. The molecule has 0 aliphatic carbocycles. The summed E-state index contributed by atoms with van der Waals surface area (Å²) in [4.78, 5) is 4.19. The van der Waals surface area contributed by atoms with Crippen LogP contribution in [0.3, 0.4) is 0 Å². The Bertz CT molecular complexity index is 301. The van der Waals surface area contributed by atoms with Gasteiger partial charge in [-0.2, -0.15) is 0 Å². The fraction of sp³-hybridized carbons (Fsp3) is 0.500. The fourth-order valence-corrected chi connectivity index (χ4v) is 1.73. The van der Waals surface area contributed by atoms with E-state index >= 15 is 0 Å². The SMILES string of the molecule is Cc1ncccc1C1COCC1O. The molecule has 1 aliphatic rings. The van der Waals surface area contributed by atoms with Gasteiger partial charge in [0.25, 0.3) is 0 Å². The third-order valence-electron chi connectivity index (χ3n) is 2.50. The van der Waals surface area contributed by atoms with E-state index in [9.17, 15) is 5.11 Å². The van der Waals surface area contributed by atoms with Crippen molar-refractivity contribution in [1.82, 2.24) is 4.98 Å². The van der Waals surface area contributed by atoms with E-state index in [1.54, 1.807) is 6.20 Å². The Balaban J connectivity index is 2.29. The second-order valence-electron chi connectivity index (χ2n) is 3.39. The predicted molar refractivity (Wildman–Crippen MR) is 48.5 cm³/mol. The van der Waals surface area contributed by atoms with E-state index in [-0.39, 0.29) is 12.0 Å². The van der Waals surface area contributed by atoms with Crippen LogP contribution in [0.25, 0.3) is 0 Å². The molecule has 1 aromatic heterocycles. The van der Waals surface area contributed by atoms with Crippen LogP contribution in [0, 0.1) is 6.92 Å². The van der Waals surface area contributed by atoms with Gasteiger partial charge >= 0.3 is 0 Å². The summed E-state index contributed by atoms with van der Waals surface area (Å²) in [5, 5.41) is 9.61. The average Bonchev–Trinajstić information content (AvgIpc) is 2.52. The number of aryl methyl sites for hydroxylation is 1. The Morgan fingerprint density at radius 1 is 1.54 bits per heavy atom. The molecule has 1 fully saturated rings. The molecule has 2 heterocycles. The van der Waals surface area contributed by atoms with E-state index in [1.807, 2.05) is 19.1 Å². The van der Waals surface area contributed by atoms with E-state index < -0.39 is 0 Å².